The van der Waals surface area contributed by atoms with Crippen LogP contribution in [0, 0.1) is 11.3 Å². The lowest BCUT2D eigenvalue weighted by Crippen LogP contribution is -2.30. The molecule has 0 radical (unpaired) electrons. The molecular formula is C25H21N3O3S. The van der Waals surface area contributed by atoms with Crippen LogP contribution in [0.5, 0.6) is 0 Å². The van der Waals surface area contributed by atoms with Gasteiger partial charge in [0.2, 0.25) is 0 Å². The molecule has 1 aromatic heterocycles. The van der Waals surface area contributed by atoms with Gasteiger partial charge < -0.3 is 9.15 Å². The number of aliphatic imine (C=N–C) groups is 1. The molecule has 3 aromatic rings. The summed E-state index contributed by atoms with van der Waals surface area (Å²) in [7, 11) is 1.65. The highest BCUT2D eigenvalue weighted by molar-refractivity contribution is 8.18. The van der Waals surface area contributed by atoms with E-state index >= 15 is 0 Å². The van der Waals surface area contributed by atoms with Crippen molar-refractivity contribution in [2.45, 2.75) is 6.42 Å². The number of para-hydroxylation sites is 1. The fourth-order valence-electron chi connectivity index (χ4n) is 3.19. The smallest absolute Gasteiger partial charge is 0.266 e. The van der Waals surface area contributed by atoms with Crippen LogP contribution in [0.4, 0.5) is 5.69 Å². The molecule has 1 aliphatic heterocycles. The predicted molar refractivity (Wildman–Crippen MR) is 126 cm³/mol. The summed E-state index contributed by atoms with van der Waals surface area (Å²) in [6.07, 6.45) is 2.46. The largest absolute Gasteiger partial charge is 0.457 e. The Morgan fingerprint density at radius 3 is 2.62 bits per heavy atom. The summed E-state index contributed by atoms with van der Waals surface area (Å²) in [6, 6.07) is 22.5. The van der Waals surface area contributed by atoms with Crippen LogP contribution in [0.25, 0.3) is 17.4 Å². The Kier molecular flexibility index (Phi) is 6.85. The highest BCUT2D eigenvalue weighted by Crippen LogP contribution is 2.35. The molecule has 4 rings (SSSR count). The van der Waals surface area contributed by atoms with Crippen LogP contribution in [-0.2, 0) is 9.53 Å². The topological polar surface area (TPSA) is 78.8 Å². The first-order valence-electron chi connectivity index (χ1n) is 10.1. The number of furan rings is 1. The van der Waals surface area contributed by atoms with Crippen LogP contribution in [0.1, 0.15) is 17.7 Å². The Bertz CT molecular complexity index is 1190. The van der Waals surface area contributed by atoms with Gasteiger partial charge in [0.1, 0.15) is 11.5 Å². The Morgan fingerprint density at radius 2 is 1.91 bits per heavy atom. The zero-order chi connectivity index (χ0) is 22.3. The maximum absolute atomic E-state index is 13.1. The first-order valence-corrected chi connectivity index (χ1v) is 10.9. The molecule has 7 heteroatoms. The number of ether oxygens (including phenoxy) is 1. The van der Waals surface area contributed by atoms with Gasteiger partial charge in [0.15, 0.2) is 5.17 Å². The average Bonchev–Trinajstić information content (AvgIpc) is 3.40. The minimum Gasteiger partial charge on any atom is -0.457 e. The molecule has 1 saturated heterocycles. The number of thioether (sulfide) groups is 1. The lowest BCUT2D eigenvalue weighted by atomic mass is 10.1. The predicted octanol–water partition coefficient (Wildman–Crippen LogP) is 5.46. The van der Waals surface area contributed by atoms with Crippen molar-refractivity contribution in [1.82, 2.24) is 4.90 Å². The van der Waals surface area contributed by atoms with Crippen molar-refractivity contribution >= 4 is 34.6 Å². The zero-order valence-corrected chi connectivity index (χ0v) is 18.3. The summed E-state index contributed by atoms with van der Waals surface area (Å²) < 4.78 is 11.1. The molecule has 0 saturated carbocycles. The highest BCUT2D eigenvalue weighted by atomic mass is 32.2. The van der Waals surface area contributed by atoms with Crippen molar-refractivity contribution in [3.05, 3.63) is 83.0 Å². The second-order valence-electron chi connectivity index (χ2n) is 7.03. The third kappa shape index (κ3) is 4.99. The van der Waals surface area contributed by atoms with E-state index in [-0.39, 0.29) is 5.91 Å². The summed E-state index contributed by atoms with van der Waals surface area (Å²) in [6.45, 7) is 1.09. The Balaban J connectivity index is 1.58. The van der Waals surface area contributed by atoms with Crippen LogP contribution in [0.2, 0.25) is 0 Å². The van der Waals surface area contributed by atoms with E-state index in [2.05, 4.69) is 11.1 Å². The number of nitriles is 1. The molecule has 0 N–H and O–H groups in total. The van der Waals surface area contributed by atoms with E-state index in [9.17, 15) is 4.79 Å². The summed E-state index contributed by atoms with van der Waals surface area (Å²) >= 11 is 1.34. The number of methoxy groups -OCH3 is 1. The maximum Gasteiger partial charge on any atom is 0.266 e. The molecule has 6 nitrogen and oxygen atoms in total. The molecular weight excluding hydrogens is 422 g/mol. The zero-order valence-electron chi connectivity index (χ0n) is 17.5. The van der Waals surface area contributed by atoms with Crippen molar-refractivity contribution in [2.24, 2.45) is 4.99 Å². The van der Waals surface area contributed by atoms with Gasteiger partial charge in [0.25, 0.3) is 5.91 Å². The molecule has 2 heterocycles. The van der Waals surface area contributed by atoms with Crippen LogP contribution >= 0.6 is 11.8 Å². The van der Waals surface area contributed by atoms with Gasteiger partial charge in [0.05, 0.1) is 22.2 Å². The standard InChI is InChI=1S/C25H21N3O3S/c1-30-15-5-14-28-24(29)23(32-25(28)27-20-6-3-2-4-7-20)16-21-12-13-22(31-21)19-10-8-18(17-26)9-11-19/h2-4,6-13,16H,5,14-15H2,1H3/b23-16+,27-25?. The third-order valence-electron chi connectivity index (χ3n) is 4.80. The molecule has 1 amide bonds. The summed E-state index contributed by atoms with van der Waals surface area (Å²) in [5.74, 6) is 1.15. The number of hydrogen-bond acceptors (Lipinski definition) is 6. The fourth-order valence-corrected chi connectivity index (χ4v) is 4.20. The normalized spacial score (nSPS) is 16.1. The number of amidine groups is 1. The first kappa shape index (κ1) is 21.6. The van der Waals surface area contributed by atoms with E-state index in [1.54, 1.807) is 30.2 Å². The van der Waals surface area contributed by atoms with E-state index in [1.165, 1.54) is 11.8 Å². The molecule has 160 valence electrons. The van der Waals surface area contributed by atoms with Gasteiger partial charge in [-0.25, -0.2) is 4.99 Å². The number of benzene rings is 2. The summed E-state index contributed by atoms with van der Waals surface area (Å²) in [5.41, 5.74) is 2.25. The third-order valence-corrected chi connectivity index (χ3v) is 5.80. The van der Waals surface area contributed by atoms with Gasteiger partial charge in [-0.05, 0) is 66.7 Å². The number of amides is 1. The van der Waals surface area contributed by atoms with Crippen molar-refractivity contribution < 1.29 is 13.9 Å². The molecule has 1 fully saturated rings. The van der Waals surface area contributed by atoms with E-state index in [0.717, 1.165) is 11.3 Å². The van der Waals surface area contributed by atoms with E-state index < -0.39 is 0 Å². The molecule has 0 unspecified atom stereocenters. The minimum atomic E-state index is -0.0999. The Hall–Kier alpha value is -3.60. The average molecular weight is 444 g/mol. The van der Waals surface area contributed by atoms with Gasteiger partial charge >= 0.3 is 0 Å². The van der Waals surface area contributed by atoms with Gasteiger partial charge in [0, 0.05) is 31.9 Å². The lowest BCUT2D eigenvalue weighted by molar-refractivity contribution is -0.122. The summed E-state index contributed by atoms with van der Waals surface area (Å²) in [5, 5.41) is 9.60. The van der Waals surface area contributed by atoms with Crippen molar-refractivity contribution in [3.8, 4) is 17.4 Å². The first-order chi connectivity index (χ1) is 15.7. The van der Waals surface area contributed by atoms with Gasteiger partial charge in [-0.15, -0.1) is 0 Å². The van der Waals surface area contributed by atoms with E-state index in [4.69, 9.17) is 14.4 Å². The molecule has 0 atom stereocenters. The number of carbonyl (C=O) groups excluding carboxylic acids is 1. The Labute approximate surface area is 190 Å². The van der Waals surface area contributed by atoms with Crippen LogP contribution < -0.4 is 0 Å². The van der Waals surface area contributed by atoms with Crippen molar-refractivity contribution in [2.75, 3.05) is 20.3 Å². The molecule has 32 heavy (non-hydrogen) atoms. The quantitative estimate of drug-likeness (QED) is 0.358. The minimum absolute atomic E-state index is 0.0999. The molecule has 0 aliphatic carbocycles. The second kappa shape index (κ2) is 10.1. The van der Waals surface area contributed by atoms with Crippen LogP contribution in [0.15, 0.2) is 81.0 Å². The number of nitrogens with zero attached hydrogens (tertiary/aromatic N) is 3. The van der Waals surface area contributed by atoms with Crippen molar-refractivity contribution in [1.29, 1.82) is 5.26 Å². The van der Waals surface area contributed by atoms with Gasteiger partial charge in [-0.3, -0.25) is 9.69 Å². The summed E-state index contributed by atoms with van der Waals surface area (Å²) in [4.78, 5) is 20.0. The number of rotatable bonds is 7. The lowest BCUT2D eigenvalue weighted by Gasteiger charge is -2.15. The molecule has 0 spiro atoms. The highest BCUT2D eigenvalue weighted by Gasteiger charge is 2.33. The monoisotopic (exact) mass is 443 g/mol. The molecule has 0 bridgehead atoms. The van der Waals surface area contributed by atoms with E-state index in [1.807, 2.05) is 54.6 Å². The van der Waals surface area contributed by atoms with Gasteiger partial charge in [-0.1, -0.05) is 18.2 Å². The molecule has 1 aliphatic rings. The van der Waals surface area contributed by atoms with E-state index in [0.29, 0.717) is 46.7 Å². The maximum atomic E-state index is 13.1. The number of hydrogen-bond donors (Lipinski definition) is 0. The van der Waals surface area contributed by atoms with Crippen LogP contribution in [0.3, 0.4) is 0 Å². The van der Waals surface area contributed by atoms with Crippen molar-refractivity contribution in [3.63, 3.8) is 0 Å². The molecule has 2 aromatic carbocycles. The SMILES string of the molecule is COCCCN1C(=O)/C(=C\c2ccc(-c3ccc(C#N)cc3)o2)SC1=Nc1ccccc1. The van der Waals surface area contributed by atoms with Crippen LogP contribution in [-0.4, -0.2) is 36.2 Å². The number of carbonyl (C=O) groups is 1. The fraction of sp³-hybridized carbons (Fsp3) is 0.160. The van der Waals surface area contributed by atoms with Gasteiger partial charge in [-0.2, -0.15) is 5.26 Å². The Morgan fingerprint density at radius 1 is 1.12 bits per heavy atom. The second-order valence-corrected chi connectivity index (χ2v) is 8.04.